The molecule has 4 aliphatic heterocycles. The SMILES string of the molecule is CC(C)(O)Cn1cc(-c2nc(NC3CCN(S(=O)(=O)CCCOCc4cn(CCN5CCN(c6ccc7c(c6)C(=O)N(C6CCC(=O)NC6=O)C7=O)CC5)nn4)CC3)ncc2C(F)(F)F)cn1. The maximum absolute atomic E-state index is 13.9. The van der Waals surface area contributed by atoms with Crippen LogP contribution in [-0.4, -0.2) is 162 Å². The van der Waals surface area contributed by atoms with Crippen LogP contribution < -0.4 is 15.5 Å². The van der Waals surface area contributed by atoms with E-state index in [0.29, 0.717) is 50.9 Å². The standard InChI is InChI=1S/C42H52F3N13O8S/c1-41(2,63)26-56-23-27(21-47-56)36-33(42(43,44)45)22-46-40(50-36)48-28-8-10-57(11-9-28)67(64,65)19-3-18-66-25-29-24-55(52-51-29)17-14-53-12-15-54(16-13-53)30-4-5-31-32(20-30)39(62)58(38(31)61)34-6-7-35(59)49-37(34)60/h4-5,20-24,28,34,63H,3,6-19,25-26H2,1-2H3,(H,46,48,50)(H,49,59,60). The number of alkyl halides is 3. The normalized spacial score (nSPS) is 19.3. The van der Waals surface area contributed by atoms with E-state index in [0.717, 1.165) is 23.7 Å². The Morgan fingerprint density at radius 1 is 0.925 bits per heavy atom. The summed E-state index contributed by atoms with van der Waals surface area (Å²) in [6, 6.07) is 3.83. The molecule has 1 unspecified atom stereocenters. The van der Waals surface area contributed by atoms with E-state index in [1.54, 1.807) is 42.9 Å². The first-order chi connectivity index (χ1) is 31.8. The minimum absolute atomic E-state index is 0.0226. The van der Waals surface area contributed by atoms with Gasteiger partial charge in [-0.1, -0.05) is 5.21 Å². The maximum atomic E-state index is 13.9. The van der Waals surface area contributed by atoms with Crippen molar-refractivity contribution in [2.45, 2.75) is 89.5 Å². The van der Waals surface area contributed by atoms with Crippen LogP contribution in [0.3, 0.4) is 0 Å². The highest BCUT2D eigenvalue weighted by molar-refractivity contribution is 7.89. The number of anilines is 2. The van der Waals surface area contributed by atoms with Crippen molar-refractivity contribution >= 4 is 45.3 Å². The van der Waals surface area contributed by atoms with E-state index in [9.17, 15) is 45.9 Å². The summed E-state index contributed by atoms with van der Waals surface area (Å²) >= 11 is 0. The van der Waals surface area contributed by atoms with Crippen LogP contribution >= 0.6 is 0 Å². The molecule has 4 amide bonds. The third kappa shape index (κ3) is 11.3. The lowest BCUT2D eigenvalue weighted by molar-refractivity contribution is -0.138. The highest BCUT2D eigenvalue weighted by atomic mass is 32.2. The molecule has 25 heteroatoms. The first-order valence-electron chi connectivity index (χ1n) is 22.0. The summed E-state index contributed by atoms with van der Waals surface area (Å²) < 4.78 is 78.2. The number of nitrogens with zero attached hydrogens (tertiary/aromatic N) is 11. The molecule has 360 valence electrons. The van der Waals surface area contributed by atoms with Gasteiger partial charge in [-0.25, -0.2) is 22.7 Å². The first kappa shape index (κ1) is 47.6. The molecule has 0 radical (unpaired) electrons. The number of hydrogen-bond donors (Lipinski definition) is 3. The van der Waals surface area contributed by atoms with Gasteiger partial charge < -0.3 is 20.1 Å². The fourth-order valence-electron chi connectivity index (χ4n) is 8.60. The van der Waals surface area contributed by atoms with Crippen LogP contribution in [0.1, 0.15) is 77.9 Å². The molecule has 3 N–H and O–H groups in total. The van der Waals surface area contributed by atoms with Crippen LogP contribution in [0.25, 0.3) is 11.3 Å². The van der Waals surface area contributed by atoms with Crippen LogP contribution in [0.5, 0.6) is 0 Å². The molecule has 0 saturated carbocycles. The van der Waals surface area contributed by atoms with Gasteiger partial charge in [0.15, 0.2) is 0 Å². The predicted molar refractivity (Wildman–Crippen MR) is 233 cm³/mol. The molecule has 3 saturated heterocycles. The van der Waals surface area contributed by atoms with Gasteiger partial charge in [0.1, 0.15) is 17.3 Å². The number of amides is 4. The van der Waals surface area contributed by atoms with Crippen molar-refractivity contribution < 1.29 is 50.6 Å². The summed E-state index contributed by atoms with van der Waals surface area (Å²) in [6.07, 6.45) is 1.61. The summed E-state index contributed by atoms with van der Waals surface area (Å²) in [6.45, 7) is 8.10. The number of carbonyl (C=O) groups excluding carboxylic acids is 4. The van der Waals surface area contributed by atoms with E-state index in [1.165, 1.54) is 21.4 Å². The van der Waals surface area contributed by atoms with Crippen molar-refractivity contribution in [1.29, 1.82) is 0 Å². The van der Waals surface area contributed by atoms with Gasteiger partial charge in [-0.05, 0) is 57.7 Å². The molecule has 1 aromatic carbocycles. The molecule has 3 aromatic heterocycles. The monoisotopic (exact) mass is 955 g/mol. The van der Waals surface area contributed by atoms with E-state index in [4.69, 9.17) is 4.74 Å². The highest BCUT2D eigenvalue weighted by Crippen LogP contribution is 2.36. The van der Waals surface area contributed by atoms with Crippen LogP contribution in [-0.2, 0) is 50.2 Å². The molecule has 4 aromatic rings. The largest absolute Gasteiger partial charge is 0.419 e. The van der Waals surface area contributed by atoms with Gasteiger partial charge in [0, 0.05) is 88.5 Å². The van der Waals surface area contributed by atoms with Crippen LogP contribution in [0.4, 0.5) is 24.8 Å². The molecule has 1 atom stereocenters. The van der Waals surface area contributed by atoms with E-state index in [2.05, 4.69) is 45.8 Å². The van der Waals surface area contributed by atoms with Crippen molar-refractivity contribution in [2.75, 3.05) is 68.4 Å². The lowest BCUT2D eigenvalue weighted by Crippen LogP contribution is -2.54. The van der Waals surface area contributed by atoms with E-state index in [1.807, 2.05) is 0 Å². The molecule has 4 aliphatic rings. The molecule has 21 nitrogen and oxygen atoms in total. The number of halogens is 3. The van der Waals surface area contributed by atoms with Gasteiger partial charge in [0.05, 0.1) is 60.3 Å². The van der Waals surface area contributed by atoms with Gasteiger partial charge in [-0.15, -0.1) is 5.10 Å². The molecule has 8 rings (SSSR count). The Kier molecular flexibility index (Phi) is 13.8. The third-order valence-electron chi connectivity index (χ3n) is 12.1. The van der Waals surface area contributed by atoms with Crippen LogP contribution in [0.2, 0.25) is 0 Å². The fourth-order valence-corrected chi connectivity index (χ4v) is 10.1. The topological polar surface area (TPSA) is 243 Å². The number of fused-ring (bicyclic) bond motifs is 1. The Labute approximate surface area is 383 Å². The number of sulfonamides is 1. The van der Waals surface area contributed by atoms with Gasteiger partial charge in [-0.3, -0.25) is 43.7 Å². The minimum Gasteiger partial charge on any atom is -0.389 e. The van der Waals surface area contributed by atoms with Crippen molar-refractivity contribution in [3.8, 4) is 11.3 Å². The molecule has 67 heavy (non-hydrogen) atoms. The number of benzene rings is 1. The zero-order valence-corrected chi connectivity index (χ0v) is 37.8. The molecule has 0 spiro atoms. The fraction of sp³-hybridized carbons (Fsp3) is 0.548. The van der Waals surface area contributed by atoms with Crippen molar-refractivity contribution in [2.24, 2.45) is 0 Å². The van der Waals surface area contributed by atoms with Crippen molar-refractivity contribution in [1.82, 2.24) is 54.2 Å². The summed E-state index contributed by atoms with van der Waals surface area (Å²) in [5.41, 5.74) is -0.522. The molecule has 0 aliphatic carbocycles. The van der Waals surface area contributed by atoms with Gasteiger partial charge in [-0.2, -0.15) is 18.3 Å². The second-order valence-corrected chi connectivity index (χ2v) is 19.8. The van der Waals surface area contributed by atoms with Crippen molar-refractivity contribution in [3.63, 3.8) is 0 Å². The first-order valence-corrected chi connectivity index (χ1v) is 23.7. The second-order valence-electron chi connectivity index (χ2n) is 17.7. The number of aromatic nitrogens is 7. The van der Waals surface area contributed by atoms with Crippen molar-refractivity contribution in [3.05, 3.63) is 65.4 Å². The third-order valence-corrected chi connectivity index (χ3v) is 14.0. The molecular formula is C42H52F3N13O8S. The van der Waals surface area contributed by atoms with Crippen LogP contribution in [0, 0.1) is 0 Å². The van der Waals surface area contributed by atoms with Gasteiger partial charge in [0.25, 0.3) is 11.8 Å². The average molecular weight is 956 g/mol. The molecular weight excluding hydrogens is 904 g/mol. The van der Waals surface area contributed by atoms with E-state index >= 15 is 0 Å². The second kappa shape index (κ2) is 19.4. The van der Waals surface area contributed by atoms with E-state index < -0.39 is 57.0 Å². The summed E-state index contributed by atoms with van der Waals surface area (Å²) in [7, 11) is -3.60. The lowest BCUT2D eigenvalue weighted by atomic mass is 10.0. The molecule has 0 bridgehead atoms. The Bertz CT molecular complexity index is 2600. The maximum Gasteiger partial charge on any atom is 0.419 e. The zero-order valence-electron chi connectivity index (χ0n) is 37.0. The Morgan fingerprint density at radius 3 is 2.39 bits per heavy atom. The quantitative estimate of drug-likeness (QED) is 0.101. The summed E-state index contributed by atoms with van der Waals surface area (Å²) in [4.78, 5) is 63.9. The zero-order chi connectivity index (χ0) is 47.7. The Balaban J connectivity index is 0.726. The summed E-state index contributed by atoms with van der Waals surface area (Å²) in [5.74, 6) is -2.29. The number of imide groups is 2. The average Bonchev–Trinajstić information content (AvgIpc) is 4.00. The Morgan fingerprint density at radius 2 is 1.67 bits per heavy atom. The number of piperidine rings is 2. The lowest BCUT2D eigenvalue weighted by Gasteiger charge is -2.36. The van der Waals surface area contributed by atoms with Gasteiger partial charge >= 0.3 is 6.18 Å². The number of rotatable bonds is 17. The number of ether oxygens (including phenoxy) is 1. The number of carbonyl (C=O) groups is 4. The predicted octanol–water partition coefficient (Wildman–Crippen LogP) is 1.76. The number of aliphatic hydroxyl groups is 1. The Hall–Kier alpha value is -5.89. The summed E-state index contributed by atoms with van der Waals surface area (Å²) in [5, 5.41) is 27.8. The number of nitrogens with one attached hydrogen (secondary N) is 2. The number of hydrogen-bond acceptors (Lipinski definition) is 16. The molecule has 3 fully saturated rings. The van der Waals surface area contributed by atoms with Crippen LogP contribution in [0.15, 0.2) is 43.0 Å². The van der Waals surface area contributed by atoms with E-state index in [-0.39, 0.29) is 92.2 Å². The minimum atomic E-state index is -4.72. The smallest absolute Gasteiger partial charge is 0.389 e. The number of piperazine rings is 1. The molecule has 7 heterocycles. The highest BCUT2D eigenvalue weighted by Gasteiger charge is 2.45. The van der Waals surface area contributed by atoms with Gasteiger partial charge in [0.2, 0.25) is 27.8 Å².